The molecule has 1 aliphatic heterocycles. The molecule has 0 saturated carbocycles. The molecule has 276 valence electrons. The van der Waals surface area contributed by atoms with Crippen LogP contribution in [0, 0.1) is 5.92 Å². The maximum Gasteiger partial charge on any atom is 0.318 e. The Hall–Kier alpha value is -4.04. The summed E-state index contributed by atoms with van der Waals surface area (Å²) < 4.78 is 0. The van der Waals surface area contributed by atoms with Crippen LogP contribution in [0.2, 0.25) is 0 Å². The maximum atomic E-state index is 14.0. The van der Waals surface area contributed by atoms with Gasteiger partial charge >= 0.3 is 6.03 Å². The first-order chi connectivity index (χ1) is 24.0. The van der Waals surface area contributed by atoms with Gasteiger partial charge in [0.1, 0.15) is 18.1 Å². The van der Waals surface area contributed by atoms with E-state index in [9.17, 15) is 24.3 Å². The lowest BCUT2D eigenvalue weighted by Crippen LogP contribution is -2.59. The van der Waals surface area contributed by atoms with Crippen molar-refractivity contribution in [2.75, 3.05) is 39.3 Å². The van der Waals surface area contributed by atoms with E-state index in [1.807, 2.05) is 74.5 Å². The standard InChI is InChI=1S/C37H58N8O5/c1-27(2)23-31(33(46)41-30(15-9-10-18-38)35(48)44-20-16-37(50,26-40)17-21-44)42-34(47)32(24-28-11-5-3-6-12-28)43-36(49)45(22-19-39)25-29-13-7-4-8-14-29/h3-8,11-14,27,30-32,50H,9-10,15-26,38-40H2,1-2H3,(H,41,46)(H,42,47)(H,43,49)/t30-,31-,32-/m1/s1. The topological polar surface area (TPSA) is 209 Å². The summed E-state index contributed by atoms with van der Waals surface area (Å²) in [5.74, 6) is -1.20. The number of nitrogens with one attached hydrogen (secondary N) is 3. The van der Waals surface area contributed by atoms with E-state index in [2.05, 4.69) is 16.0 Å². The molecule has 13 heteroatoms. The van der Waals surface area contributed by atoms with Gasteiger partial charge in [0.2, 0.25) is 17.7 Å². The highest BCUT2D eigenvalue weighted by Gasteiger charge is 2.36. The molecule has 2 aromatic carbocycles. The van der Waals surface area contributed by atoms with E-state index < -0.39 is 41.6 Å². The Kier molecular flexibility index (Phi) is 16.6. The second-order valence-electron chi connectivity index (χ2n) is 13.7. The van der Waals surface area contributed by atoms with Gasteiger partial charge in [0.25, 0.3) is 0 Å². The number of piperidine rings is 1. The van der Waals surface area contributed by atoms with Gasteiger partial charge in [-0.15, -0.1) is 0 Å². The van der Waals surface area contributed by atoms with E-state index in [0.717, 1.165) is 11.1 Å². The molecule has 0 aromatic heterocycles. The Morgan fingerprint density at radius 2 is 1.38 bits per heavy atom. The van der Waals surface area contributed by atoms with E-state index in [1.54, 1.807) is 9.80 Å². The van der Waals surface area contributed by atoms with Crippen molar-refractivity contribution in [2.45, 2.75) is 89.1 Å². The Balaban J connectivity index is 1.80. The second kappa shape index (κ2) is 20.6. The number of likely N-dealkylation sites (tertiary alicyclic amines) is 1. The zero-order chi connectivity index (χ0) is 36.5. The Morgan fingerprint density at radius 1 is 0.800 bits per heavy atom. The predicted octanol–water partition coefficient (Wildman–Crippen LogP) is 1.23. The Labute approximate surface area is 296 Å². The maximum absolute atomic E-state index is 14.0. The summed E-state index contributed by atoms with van der Waals surface area (Å²) in [6.07, 6.45) is 2.91. The zero-order valence-electron chi connectivity index (χ0n) is 29.7. The van der Waals surface area contributed by atoms with Crippen LogP contribution in [0.3, 0.4) is 0 Å². The van der Waals surface area contributed by atoms with Crippen LogP contribution in [0.15, 0.2) is 60.7 Å². The van der Waals surface area contributed by atoms with E-state index >= 15 is 0 Å². The van der Waals surface area contributed by atoms with Crippen LogP contribution in [0.5, 0.6) is 0 Å². The fourth-order valence-corrected chi connectivity index (χ4v) is 6.08. The van der Waals surface area contributed by atoms with E-state index in [0.29, 0.717) is 64.7 Å². The average Bonchev–Trinajstić information content (AvgIpc) is 3.11. The van der Waals surface area contributed by atoms with Crippen LogP contribution in [-0.4, -0.2) is 102 Å². The molecule has 0 unspecified atom stereocenters. The normalized spacial score (nSPS) is 15.9. The molecule has 1 fully saturated rings. The molecule has 0 aliphatic carbocycles. The van der Waals surface area contributed by atoms with Crippen molar-refractivity contribution >= 4 is 23.8 Å². The number of unbranched alkanes of at least 4 members (excludes halogenated alkanes) is 1. The summed E-state index contributed by atoms with van der Waals surface area (Å²) in [4.78, 5) is 58.5. The molecule has 5 amide bonds. The van der Waals surface area contributed by atoms with Crippen LogP contribution < -0.4 is 33.2 Å². The van der Waals surface area contributed by atoms with Crippen molar-refractivity contribution in [3.05, 3.63) is 71.8 Å². The third-order valence-electron chi connectivity index (χ3n) is 9.09. The molecular weight excluding hydrogens is 636 g/mol. The first-order valence-corrected chi connectivity index (χ1v) is 17.8. The molecule has 1 heterocycles. The van der Waals surface area contributed by atoms with E-state index in [4.69, 9.17) is 17.2 Å². The summed E-state index contributed by atoms with van der Waals surface area (Å²) in [6.45, 7) is 5.94. The number of nitrogens with zero attached hydrogens (tertiary/aromatic N) is 2. The summed E-state index contributed by atoms with van der Waals surface area (Å²) in [6, 6.07) is 15.6. The fourth-order valence-electron chi connectivity index (χ4n) is 6.08. The van der Waals surface area contributed by atoms with Crippen LogP contribution >= 0.6 is 0 Å². The lowest BCUT2D eigenvalue weighted by molar-refractivity contribution is -0.140. The summed E-state index contributed by atoms with van der Waals surface area (Å²) in [5, 5.41) is 19.3. The molecule has 2 aromatic rings. The number of benzene rings is 2. The minimum Gasteiger partial charge on any atom is -0.388 e. The van der Waals surface area contributed by atoms with Crippen molar-refractivity contribution in [2.24, 2.45) is 23.1 Å². The minimum atomic E-state index is -1.00. The third kappa shape index (κ3) is 13.0. The van der Waals surface area contributed by atoms with Gasteiger partial charge in [-0.2, -0.15) is 0 Å². The first-order valence-electron chi connectivity index (χ1n) is 17.8. The lowest BCUT2D eigenvalue weighted by atomic mass is 9.91. The highest BCUT2D eigenvalue weighted by Crippen LogP contribution is 2.22. The van der Waals surface area contributed by atoms with Crippen molar-refractivity contribution < 1.29 is 24.3 Å². The van der Waals surface area contributed by atoms with Crippen LogP contribution in [-0.2, 0) is 27.3 Å². The molecule has 0 bridgehead atoms. The predicted molar refractivity (Wildman–Crippen MR) is 194 cm³/mol. The van der Waals surface area contributed by atoms with Crippen molar-refractivity contribution in [3.8, 4) is 0 Å². The number of rotatable bonds is 19. The molecule has 1 saturated heterocycles. The number of hydrogen-bond donors (Lipinski definition) is 7. The number of carbonyl (C=O) groups excluding carboxylic acids is 4. The van der Waals surface area contributed by atoms with Gasteiger partial charge in [0, 0.05) is 45.7 Å². The molecule has 3 rings (SSSR count). The number of hydrogen-bond acceptors (Lipinski definition) is 8. The summed E-state index contributed by atoms with van der Waals surface area (Å²) >= 11 is 0. The van der Waals surface area contributed by atoms with Gasteiger partial charge in [-0.1, -0.05) is 74.5 Å². The van der Waals surface area contributed by atoms with Gasteiger partial charge < -0.3 is 48.1 Å². The van der Waals surface area contributed by atoms with Crippen molar-refractivity contribution in [1.29, 1.82) is 0 Å². The van der Waals surface area contributed by atoms with E-state index in [-0.39, 0.29) is 37.9 Å². The molecule has 3 atom stereocenters. The van der Waals surface area contributed by atoms with Gasteiger partial charge in [0.15, 0.2) is 0 Å². The quantitative estimate of drug-likeness (QED) is 0.106. The highest BCUT2D eigenvalue weighted by molar-refractivity contribution is 5.94. The van der Waals surface area contributed by atoms with Gasteiger partial charge in [-0.05, 0) is 62.1 Å². The monoisotopic (exact) mass is 694 g/mol. The molecule has 13 nitrogen and oxygen atoms in total. The number of amides is 5. The second-order valence-corrected chi connectivity index (χ2v) is 13.7. The molecule has 10 N–H and O–H groups in total. The van der Waals surface area contributed by atoms with Crippen molar-refractivity contribution in [1.82, 2.24) is 25.8 Å². The van der Waals surface area contributed by atoms with Crippen LogP contribution in [0.25, 0.3) is 0 Å². The summed E-state index contributed by atoms with van der Waals surface area (Å²) in [7, 11) is 0. The average molecular weight is 695 g/mol. The number of urea groups is 1. The summed E-state index contributed by atoms with van der Waals surface area (Å²) in [5.41, 5.74) is 18.1. The molecule has 0 spiro atoms. The molecule has 1 aliphatic rings. The third-order valence-corrected chi connectivity index (χ3v) is 9.09. The Morgan fingerprint density at radius 3 is 1.94 bits per heavy atom. The minimum absolute atomic E-state index is 0.0292. The first kappa shape index (κ1) is 40.4. The van der Waals surface area contributed by atoms with E-state index in [1.165, 1.54) is 0 Å². The number of carbonyl (C=O) groups is 4. The Bertz CT molecular complexity index is 1340. The largest absolute Gasteiger partial charge is 0.388 e. The fraction of sp³-hybridized carbons (Fsp3) is 0.568. The lowest BCUT2D eigenvalue weighted by Gasteiger charge is -2.39. The van der Waals surface area contributed by atoms with Crippen LogP contribution in [0.4, 0.5) is 4.79 Å². The molecular formula is C37H58N8O5. The van der Waals surface area contributed by atoms with Gasteiger partial charge in [-0.25, -0.2) is 4.79 Å². The van der Waals surface area contributed by atoms with Gasteiger partial charge in [0.05, 0.1) is 5.60 Å². The molecule has 50 heavy (non-hydrogen) atoms. The van der Waals surface area contributed by atoms with Gasteiger partial charge in [-0.3, -0.25) is 14.4 Å². The zero-order valence-corrected chi connectivity index (χ0v) is 29.7. The highest BCUT2D eigenvalue weighted by atomic mass is 16.3. The smallest absolute Gasteiger partial charge is 0.318 e. The number of aliphatic hydroxyl groups is 1. The SMILES string of the molecule is CC(C)C[C@@H](NC(=O)[C@@H](Cc1ccccc1)NC(=O)N(CCN)Cc1ccccc1)C(=O)N[C@H](CCCCN)C(=O)N1CCC(O)(CN)CC1. The molecule has 0 radical (unpaired) electrons. The van der Waals surface area contributed by atoms with Crippen molar-refractivity contribution in [3.63, 3.8) is 0 Å². The number of nitrogens with two attached hydrogens (primary N) is 3. The van der Waals surface area contributed by atoms with Crippen LogP contribution in [0.1, 0.15) is 63.5 Å².